The van der Waals surface area contributed by atoms with Gasteiger partial charge in [-0.1, -0.05) is 0 Å². The van der Waals surface area contributed by atoms with Gasteiger partial charge in [0, 0.05) is 12.8 Å². The minimum Gasteiger partial charge on any atom is -0.488 e. The van der Waals surface area contributed by atoms with Gasteiger partial charge in [0.2, 0.25) is 0 Å². The number of pyridine rings is 1. The van der Waals surface area contributed by atoms with Crippen molar-refractivity contribution in [2.24, 2.45) is 0 Å². The summed E-state index contributed by atoms with van der Waals surface area (Å²) in [4.78, 5) is 3.93. The predicted molar refractivity (Wildman–Crippen MR) is 58.0 cm³/mol. The minimum absolute atomic E-state index is 0.153. The van der Waals surface area contributed by atoms with Crippen molar-refractivity contribution in [3.05, 3.63) is 24.0 Å². The van der Waals surface area contributed by atoms with E-state index in [9.17, 15) is 0 Å². The molecule has 0 amide bonds. The molecule has 84 valence electrons. The van der Waals surface area contributed by atoms with Gasteiger partial charge in [-0.15, -0.1) is 0 Å². The molecule has 1 saturated heterocycles. The molecule has 0 aromatic carbocycles. The van der Waals surface area contributed by atoms with Gasteiger partial charge in [-0.3, -0.25) is 0 Å². The van der Waals surface area contributed by atoms with Crippen LogP contribution in [0.15, 0.2) is 18.3 Å². The normalized spacial score (nSPS) is 20.1. The van der Waals surface area contributed by atoms with Crippen molar-refractivity contribution in [1.82, 2.24) is 4.98 Å². The van der Waals surface area contributed by atoms with Crippen molar-refractivity contribution in [2.75, 3.05) is 13.2 Å². The molecule has 16 heavy (non-hydrogen) atoms. The monoisotopic (exact) mass is 218 g/mol. The molecular weight excluding hydrogens is 204 g/mol. The summed E-state index contributed by atoms with van der Waals surface area (Å²) < 4.78 is 11.1. The van der Waals surface area contributed by atoms with Crippen molar-refractivity contribution in [1.29, 1.82) is 5.26 Å². The third-order valence-corrected chi connectivity index (χ3v) is 2.58. The lowest BCUT2D eigenvalue weighted by molar-refractivity contribution is -0.0111. The molecule has 0 bridgehead atoms. The van der Waals surface area contributed by atoms with Crippen LogP contribution in [-0.4, -0.2) is 24.3 Å². The zero-order valence-electron chi connectivity index (χ0n) is 9.06. The van der Waals surface area contributed by atoms with Gasteiger partial charge < -0.3 is 9.47 Å². The van der Waals surface area contributed by atoms with Gasteiger partial charge in [-0.05, 0) is 31.4 Å². The van der Waals surface area contributed by atoms with E-state index in [1.54, 1.807) is 18.3 Å². The number of ether oxygens (including phenoxy) is 2. The maximum absolute atomic E-state index is 8.83. The highest BCUT2D eigenvalue weighted by molar-refractivity contribution is 5.36. The second kappa shape index (κ2) is 5.47. The average molecular weight is 218 g/mol. The lowest BCUT2D eigenvalue weighted by Gasteiger charge is -2.22. The fourth-order valence-corrected chi connectivity index (χ4v) is 1.71. The Morgan fingerprint density at radius 1 is 1.56 bits per heavy atom. The summed E-state index contributed by atoms with van der Waals surface area (Å²) in [6, 6.07) is 5.53. The van der Waals surface area contributed by atoms with Gasteiger partial charge >= 0.3 is 0 Å². The maximum atomic E-state index is 8.83. The van der Waals surface area contributed by atoms with Gasteiger partial charge in [0.15, 0.2) is 11.4 Å². The number of hydrogen-bond donors (Lipinski definition) is 0. The second-order valence-electron chi connectivity index (χ2n) is 3.76. The molecule has 1 aliphatic heterocycles. The van der Waals surface area contributed by atoms with Gasteiger partial charge in [0.05, 0.1) is 6.10 Å². The third-order valence-electron chi connectivity index (χ3n) is 2.58. The Kier molecular flexibility index (Phi) is 3.73. The zero-order chi connectivity index (χ0) is 11.2. The van der Waals surface area contributed by atoms with Crippen LogP contribution in [0.1, 0.15) is 25.0 Å². The van der Waals surface area contributed by atoms with Crippen LogP contribution in [0.4, 0.5) is 0 Å². The van der Waals surface area contributed by atoms with E-state index in [4.69, 9.17) is 14.7 Å². The predicted octanol–water partition coefficient (Wildman–Crippen LogP) is 1.90. The number of hydrogen-bond acceptors (Lipinski definition) is 4. The maximum Gasteiger partial charge on any atom is 0.182 e. The molecule has 0 radical (unpaired) electrons. The van der Waals surface area contributed by atoms with Crippen molar-refractivity contribution >= 4 is 0 Å². The summed E-state index contributed by atoms with van der Waals surface area (Å²) >= 11 is 0. The summed E-state index contributed by atoms with van der Waals surface area (Å²) in [5.74, 6) is 0.541. The summed E-state index contributed by atoms with van der Waals surface area (Å²) in [5.41, 5.74) is 0.332. The largest absolute Gasteiger partial charge is 0.488 e. The van der Waals surface area contributed by atoms with Crippen molar-refractivity contribution in [3.63, 3.8) is 0 Å². The molecule has 0 saturated carbocycles. The molecular formula is C12H14N2O2. The minimum atomic E-state index is 0.153. The Balaban J connectivity index is 1.91. The highest BCUT2D eigenvalue weighted by atomic mass is 16.5. The highest BCUT2D eigenvalue weighted by Crippen LogP contribution is 2.17. The van der Waals surface area contributed by atoms with Crippen LogP contribution in [0.2, 0.25) is 0 Å². The third kappa shape index (κ3) is 2.71. The van der Waals surface area contributed by atoms with Crippen molar-refractivity contribution < 1.29 is 9.47 Å². The zero-order valence-corrected chi connectivity index (χ0v) is 9.06. The molecule has 0 aliphatic carbocycles. The first-order valence-corrected chi connectivity index (χ1v) is 5.49. The van der Waals surface area contributed by atoms with Gasteiger partial charge in [-0.2, -0.15) is 5.26 Å². The van der Waals surface area contributed by atoms with Crippen molar-refractivity contribution in [3.8, 4) is 11.8 Å². The molecule has 1 aliphatic rings. The number of nitrogens with zero attached hydrogens (tertiary/aromatic N) is 2. The Morgan fingerprint density at radius 3 is 3.25 bits per heavy atom. The van der Waals surface area contributed by atoms with Crippen LogP contribution >= 0.6 is 0 Å². The van der Waals surface area contributed by atoms with E-state index in [0.717, 1.165) is 19.4 Å². The van der Waals surface area contributed by atoms with E-state index in [1.807, 2.05) is 6.07 Å². The summed E-state index contributed by atoms with van der Waals surface area (Å²) in [7, 11) is 0. The molecule has 0 spiro atoms. The molecule has 1 atom stereocenters. The molecule has 2 rings (SSSR count). The van der Waals surface area contributed by atoms with E-state index >= 15 is 0 Å². The smallest absolute Gasteiger partial charge is 0.182 e. The quantitative estimate of drug-likeness (QED) is 0.777. The standard InChI is InChI=1S/C12H14N2O2/c13-8-11-12(5-3-6-14-11)16-9-10-4-1-2-7-15-10/h3,5-6,10H,1-2,4,7,9H2. The number of rotatable bonds is 3. The van der Waals surface area contributed by atoms with E-state index in [0.29, 0.717) is 18.1 Å². The molecule has 1 aromatic rings. The Bertz CT molecular complexity index is 381. The highest BCUT2D eigenvalue weighted by Gasteiger charge is 2.15. The lowest BCUT2D eigenvalue weighted by atomic mass is 10.1. The molecule has 4 nitrogen and oxygen atoms in total. The fourth-order valence-electron chi connectivity index (χ4n) is 1.71. The molecule has 1 aromatic heterocycles. The van der Waals surface area contributed by atoms with Crippen LogP contribution in [0.5, 0.6) is 5.75 Å². The lowest BCUT2D eigenvalue weighted by Crippen LogP contribution is -2.26. The molecule has 0 N–H and O–H groups in total. The second-order valence-corrected chi connectivity index (χ2v) is 3.76. The summed E-state index contributed by atoms with van der Waals surface area (Å²) in [6.07, 6.45) is 5.09. The van der Waals surface area contributed by atoms with Crippen LogP contribution in [0.25, 0.3) is 0 Å². The first kappa shape index (κ1) is 10.9. The molecule has 1 fully saturated rings. The van der Waals surface area contributed by atoms with Gasteiger partial charge in [0.25, 0.3) is 0 Å². The number of nitriles is 1. The van der Waals surface area contributed by atoms with Crippen LogP contribution < -0.4 is 4.74 Å². The van der Waals surface area contributed by atoms with Crippen LogP contribution in [0.3, 0.4) is 0 Å². The molecule has 4 heteroatoms. The summed E-state index contributed by atoms with van der Waals surface area (Å²) in [6.45, 7) is 1.31. The first-order valence-electron chi connectivity index (χ1n) is 5.49. The SMILES string of the molecule is N#Cc1ncccc1OCC1CCCCO1. The van der Waals surface area contributed by atoms with Crippen molar-refractivity contribution in [2.45, 2.75) is 25.4 Å². The average Bonchev–Trinajstić information content (AvgIpc) is 2.38. The molecule has 1 unspecified atom stereocenters. The molecule has 2 heterocycles. The fraction of sp³-hybridized carbons (Fsp3) is 0.500. The Labute approximate surface area is 94.8 Å². The van der Waals surface area contributed by atoms with Gasteiger partial charge in [0.1, 0.15) is 12.7 Å². The van der Waals surface area contributed by atoms with Crippen LogP contribution in [-0.2, 0) is 4.74 Å². The van der Waals surface area contributed by atoms with E-state index in [1.165, 1.54) is 6.42 Å². The number of aromatic nitrogens is 1. The van der Waals surface area contributed by atoms with Gasteiger partial charge in [-0.25, -0.2) is 4.98 Å². The Morgan fingerprint density at radius 2 is 2.50 bits per heavy atom. The topological polar surface area (TPSA) is 55.1 Å². The van der Waals surface area contributed by atoms with E-state index in [2.05, 4.69) is 4.98 Å². The first-order chi connectivity index (χ1) is 7.90. The summed E-state index contributed by atoms with van der Waals surface area (Å²) in [5, 5.41) is 8.83. The Hall–Kier alpha value is -1.60. The van der Waals surface area contributed by atoms with Crippen LogP contribution in [0, 0.1) is 11.3 Å². The van der Waals surface area contributed by atoms with E-state index < -0.39 is 0 Å². The van der Waals surface area contributed by atoms with E-state index in [-0.39, 0.29) is 6.10 Å².